The highest BCUT2D eigenvalue weighted by atomic mass is 16.3. The quantitative estimate of drug-likeness (QED) is 0.895. The van der Waals surface area contributed by atoms with E-state index in [0.29, 0.717) is 6.04 Å². The SMILES string of the molecule is CCCCc1oc2ccccc2c1C(=O)N1CCC(N2CC(O)C2)CC1. The van der Waals surface area contributed by atoms with Crippen molar-refractivity contribution in [3.63, 3.8) is 0 Å². The van der Waals surface area contributed by atoms with Gasteiger partial charge in [-0.25, -0.2) is 0 Å². The molecule has 140 valence electrons. The van der Waals surface area contributed by atoms with Gasteiger partial charge in [0.1, 0.15) is 11.3 Å². The topological polar surface area (TPSA) is 56.9 Å². The van der Waals surface area contributed by atoms with Gasteiger partial charge in [0, 0.05) is 44.0 Å². The van der Waals surface area contributed by atoms with Crippen LogP contribution in [0, 0.1) is 0 Å². The highest BCUT2D eigenvalue weighted by molar-refractivity contribution is 6.07. The summed E-state index contributed by atoms with van der Waals surface area (Å²) in [6.07, 6.45) is 4.73. The van der Waals surface area contributed by atoms with Crippen LogP contribution in [0.1, 0.15) is 48.7 Å². The molecular weight excluding hydrogens is 328 g/mol. The van der Waals surface area contributed by atoms with Crippen molar-refractivity contribution in [3.8, 4) is 0 Å². The number of aliphatic hydroxyl groups is 1. The molecule has 5 nitrogen and oxygen atoms in total. The zero-order valence-electron chi connectivity index (χ0n) is 15.5. The molecule has 1 aromatic carbocycles. The molecule has 2 aliphatic heterocycles. The summed E-state index contributed by atoms with van der Waals surface area (Å²) in [6, 6.07) is 8.37. The number of amides is 1. The average molecular weight is 356 g/mol. The van der Waals surface area contributed by atoms with Crippen LogP contribution in [0.4, 0.5) is 0 Å². The predicted octanol–water partition coefficient (Wildman–Crippen LogP) is 3.06. The van der Waals surface area contributed by atoms with Gasteiger partial charge in [-0.05, 0) is 25.3 Å². The van der Waals surface area contributed by atoms with E-state index in [4.69, 9.17) is 4.42 Å². The fourth-order valence-electron chi connectivity index (χ4n) is 4.22. The molecule has 0 spiro atoms. The van der Waals surface area contributed by atoms with Gasteiger partial charge in [0.05, 0.1) is 11.7 Å². The summed E-state index contributed by atoms with van der Waals surface area (Å²) in [5, 5.41) is 10.4. The Morgan fingerprint density at radius 3 is 2.65 bits per heavy atom. The van der Waals surface area contributed by atoms with Crippen LogP contribution in [-0.2, 0) is 6.42 Å². The van der Waals surface area contributed by atoms with Gasteiger partial charge < -0.3 is 14.4 Å². The Labute approximate surface area is 154 Å². The molecule has 2 aliphatic rings. The lowest BCUT2D eigenvalue weighted by Gasteiger charge is -2.45. The molecule has 1 aromatic heterocycles. The van der Waals surface area contributed by atoms with Crippen LogP contribution in [0.15, 0.2) is 28.7 Å². The molecule has 2 saturated heterocycles. The lowest BCUT2D eigenvalue weighted by molar-refractivity contribution is -0.0381. The molecule has 2 fully saturated rings. The molecule has 4 rings (SSSR count). The number of aryl methyl sites for hydroxylation is 1. The zero-order chi connectivity index (χ0) is 18.1. The first-order chi connectivity index (χ1) is 12.7. The molecule has 1 amide bonds. The van der Waals surface area contributed by atoms with Crippen LogP contribution in [0.5, 0.6) is 0 Å². The Morgan fingerprint density at radius 2 is 1.96 bits per heavy atom. The molecule has 0 bridgehead atoms. The maximum atomic E-state index is 13.3. The summed E-state index contributed by atoms with van der Waals surface area (Å²) in [5.74, 6) is 0.953. The lowest BCUT2D eigenvalue weighted by atomic mass is 9.97. The molecule has 0 saturated carbocycles. The summed E-state index contributed by atoms with van der Waals surface area (Å²) in [4.78, 5) is 17.6. The standard InChI is InChI=1S/C21H28N2O3/c1-2-3-7-19-20(17-6-4-5-8-18(17)26-19)21(25)22-11-9-15(10-12-22)23-13-16(24)14-23/h4-6,8,15-16,24H,2-3,7,9-14H2,1H3. The minimum Gasteiger partial charge on any atom is -0.460 e. The van der Waals surface area contributed by atoms with Gasteiger partial charge in [0.25, 0.3) is 5.91 Å². The average Bonchev–Trinajstić information content (AvgIpc) is 3.01. The Morgan fingerprint density at radius 1 is 1.23 bits per heavy atom. The van der Waals surface area contributed by atoms with Crippen molar-refractivity contribution in [2.45, 2.75) is 51.2 Å². The molecule has 1 N–H and O–H groups in total. The number of carbonyl (C=O) groups excluding carboxylic acids is 1. The Kier molecular flexibility index (Phi) is 5.00. The number of fused-ring (bicyclic) bond motifs is 1. The molecule has 2 aromatic rings. The first-order valence-electron chi connectivity index (χ1n) is 9.89. The van der Waals surface area contributed by atoms with Gasteiger partial charge in [-0.1, -0.05) is 31.5 Å². The van der Waals surface area contributed by atoms with E-state index >= 15 is 0 Å². The number of likely N-dealkylation sites (tertiary alicyclic amines) is 2. The van der Waals surface area contributed by atoms with Crippen molar-refractivity contribution in [2.24, 2.45) is 0 Å². The maximum absolute atomic E-state index is 13.3. The number of carbonyl (C=O) groups is 1. The number of unbranched alkanes of at least 4 members (excludes halogenated alkanes) is 1. The van der Waals surface area contributed by atoms with Crippen molar-refractivity contribution in [1.82, 2.24) is 9.80 Å². The van der Waals surface area contributed by atoms with Gasteiger partial charge in [0.15, 0.2) is 0 Å². The highest BCUT2D eigenvalue weighted by Gasteiger charge is 2.35. The van der Waals surface area contributed by atoms with Crippen LogP contribution in [0.25, 0.3) is 11.0 Å². The molecule has 0 atom stereocenters. The molecule has 0 unspecified atom stereocenters. The van der Waals surface area contributed by atoms with Crippen LogP contribution >= 0.6 is 0 Å². The van der Waals surface area contributed by atoms with E-state index < -0.39 is 0 Å². The van der Waals surface area contributed by atoms with E-state index in [9.17, 15) is 9.90 Å². The van der Waals surface area contributed by atoms with Gasteiger partial charge in [-0.3, -0.25) is 9.69 Å². The third kappa shape index (κ3) is 3.26. The number of benzene rings is 1. The third-order valence-electron chi connectivity index (χ3n) is 5.80. The van der Waals surface area contributed by atoms with Gasteiger partial charge in [-0.2, -0.15) is 0 Å². The summed E-state index contributed by atoms with van der Waals surface area (Å²) < 4.78 is 6.03. The van der Waals surface area contributed by atoms with E-state index in [1.807, 2.05) is 29.2 Å². The zero-order valence-corrected chi connectivity index (χ0v) is 15.5. The van der Waals surface area contributed by atoms with Crippen molar-refractivity contribution in [2.75, 3.05) is 26.2 Å². The van der Waals surface area contributed by atoms with Gasteiger partial charge in [0.2, 0.25) is 0 Å². The summed E-state index contributed by atoms with van der Waals surface area (Å²) in [6.45, 7) is 5.28. The number of piperidine rings is 1. The van der Waals surface area contributed by atoms with Crippen molar-refractivity contribution in [3.05, 3.63) is 35.6 Å². The van der Waals surface area contributed by atoms with E-state index in [0.717, 1.165) is 80.6 Å². The second kappa shape index (κ2) is 7.41. The monoisotopic (exact) mass is 356 g/mol. The molecular formula is C21H28N2O3. The van der Waals surface area contributed by atoms with E-state index in [1.165, 1.54) is 0 Å². The molecule has 0 aliphatic carbocycles. The second-order valence-corrected chi connectivity index (χ2v) is 7.63. The number of hydrogen-bond donors (Lipinski definition) is 1. The van der Waals surface area contributed by atoms with E-state index in [1.54, 1.807) is 0 Å². The number of furan rings is 1. The predicted molar refractivity (Wildman–Crippen MR) is 101 cm³/mol. The van der Waals surface area contributed by atoms with Crippen LogP contribution in [0.2, 0.25) is 0 Å². The molecule has 5 heteroatoms. The van der Waals surface area contributed by atoms with Crippen molar-refractivity contribution < 1.29 is 14.3 Å². The first kappa shape index (κ1) is 17.6. The first-order valence-corrected chi connectivity index (χ1v) is 9.89. The summed E-state index contributed by atoms with van der Waals surface area (Å²) in [5.41, 5.74) is 1.58. The minimum atomic E-state index is -0.159. The van der Waals surface area contributed by atoms with Crippen molar-refractivity contribution >= 4 is 16.9 Å². The normalized spacial score (nSPS) is 19.8. The summed E-state index contributed by atoms with van der Waals surface area (Å²) >= 11 is 0. The number of hydrogen-bond acceptors (Lipinski definition) is 4. The number of aliphatic hydroxyl groups excluding tert-OH is 1. The third-order valence-corrected chi connectivity index (χ3v) is 5.80. The Bertz CT molecular complexity index is 771. The van der Waals surface area contributed by atoms with Gasteiger partial charge >= 0.3 is 0 Å². The minimum absolute atomic E-state index is 0.114. The molecule has 3 heterocycles. The summed E-state index contributed by atoms with van der Waals surface area (Å²) in [7, 11) is 0. The molecule has 26 heavy (non-hydrogen) atoms. The van der Waals surface area contributed by atoms with E-state index in [-0.39, 0.29) is 12.0 Å². The van der Waals surface area contributed by atoms with Crippen molar-refractivity contribution in [1.29, 1.82) is 0 Å². The highest BCUT2D eigenvalue weighted by Crippen LogP contribution is 2.30. The molecule has 0 radical (unpaired) electrons. The fourth-order valence-corrected chi connectivity index (χ4v) is 4.22. The fraction of sp³-hybridized carbons (Fsp3) is 0.571. The smallest absolute Gasteiger partial charge is 0.258 e. The number of nitrogens with zero attached hydrogens (tertiary/aromatic N) is 2. The Balaban J connectivity index is 1.51. The maximum Gasteiger partial charge on any atom is 0.258 e. The number of rotatable bonds is 5. The van der Waals surface area contributed by atoms with Crippen LogP contribution < -0.4 is 0 Å². The van der Waals surface area contributed by atoms with Crippen LogP contribution in [0.3, 0.4) is 0 Å². The largest absolute Gasteiger partial charge is 0.460 e. The Hall–Kier alpha value is -1.85. The van der Waals surface area contributed by atoms with Crippen LogP contribution in [-0.4, -0.2) is 59.1 Å². The van der Waals surface area contributed by atoms with Gasteiger partial charge in [-0.15, -0.1) is 0 Å². The number of para-hydroxylation sites is 1. The number of β-amino-alcohol motifs (C(OH)–C–C–N with tert-alkyl or cyclic N) is 1. The lowest BCUT2D eigenvalue weighted by Crippen LogP contribution is -2.58. The second-order valence-electron chi connectivity index (χ2n) is 7.63. The van der Waals surface area contributed by atoms with E-state index in [2.05, 4.69) is 11.8 Å².